The molecular formula is C43H74FNO16. The zero-order chi connectivity index (χ0) is 46.6. The lowest BCUT2D eigenvalue weighted by molar-refractivity contribution is -0.319. The third-order valence-electron chi connectivity index (χ3n) is 12.8. The largest absolute Gasteiger partial charge is 0.466 e. The number of ether oxygens (including phenoxy) is 8. The monoisotopic (exact) mass is 879 g/mol. The van der Waals surface area contributed by atoms with Crippen LogP contribution in [-0.2, 0) is 57.1 Å². The second-order valence-electron chi connectivity index (χ2n) is 18.5. The number of carbonyl (C=O) groups is 4. The lowest BCUT2D eigenvalue weighted by Crippen LogP contribution is -2.62. The molecule has 17 nitrogen and oxygen atoms in total. The van der Waals surface area contributed by atoms with Crippen molar-refractivity contribution >= 4 is 23.7 Å². The van der Waals surface area contributed by atoms with Crippen LogP contribution in [0.25, 0.3) is 0 Å². The number of hydrogen-bond acceptors (Lipinski definition) is 17. The molecule has 0 unspecified atom stereocenters. The third-order valence-corrected chi connectivity index (χ3v) is 12.8. The predicted molar refractivity (Wildman–Crippen MR) is 216 cm³/mol. The molecule has 0 bridgehead atoms. The van der Waals surface area contributed by atoms with Crippen molar-refractivity contribution < 1.29 is 81.9 Å². The number of rotatable bonds is 12. The maximum Gasteiger partial charge on any atom is 0.311 e. The Morgan fingerprint density at radius 3 is 2.07 bits per heavy atom. The van der Waals surface area contributed by atoms with Gasteiger partial charge < -0.3 is 63.2 Å². The third kappa shape index (κ3) is 12.5. The van der Waals surface area contributed by atoms with Gasteiger partial charge in [-0.15, -0.1) is 0 Å². The van der Waals surface area contributed by atoms with Crippen molar-refractivity contribution in [3.63, 3.8) is 0 Å². The van der Waals surface area contributed by atoms with E-state index >= 15 is 4.39 Å². The molecule has 61 heavy (non-hydrogen) atoms. The van der Waals surface area contributed by atoms with Crippen molar-refractivity contribution in [2.45, 2.75) is 205 Å². The summed E-state index contributed by atoms with van der Waals surface area (Å²) in [6, 6.07) is -0.446. The van der Waals surface area contributed by atoms with Gasteiger partial charge in [0.2, 0.25) is 0 Å². The summed E-state index contributed by atoms with van der Waals surface area (Å²) in [6.07, 6.45) is -13.2. The molecule has 0 saturated carbocycles. The molecule has 3 rings (SSSR count). The van der Waals surface area contributed by atoms with E-state index in [0.717, 1.165) is 6.92 Å². The number of hydrogen-bond donors (Lipinski definition) is 4. The van der Waals surface area contributed by atoms with Crippen molar-refractivity contribution in [2.24, 2.45) is 17.8 Å². The van der Waals surface area contributed by atoms with Crippen LogP contribution >= 0.6 is 0 Å². The number of cyclic esters (lactones) is 1. The van der Waals surface area contributed by atoms with Crippen molar-refractivity contribution in [3.05, 3.63) is 0 Å². The van der Waals surface area contributed by atoms with Gasteiger partial charge in [-0.1, -0.05) is 20.8 Å². The molecule has 3 heterocycles. The number of carbonyl (C=O) groups excluding carboxylic acids is 4. The number of aliphatic hydroxyl groups is 4. The Balaban J connectivity index is 2.15. The number of ketones is 1. The van der Waals surface area contributed by atoms with Crippen molar-refractivity contribution in [3.8, 4) is 0 Å². The minimum atomic E-state index is -2.82. The van der Waals surface area contributed by atoms with Crippen LogP contribution in [0.3, 0.4) is 0 Å². The highest BCUT2D eigenvalue weighted by Crippen LogP contribution is 2.42. The van der Waals surface area contributed by atoms with Gasteiger partial charge >= 0.3 is 17.9 Å². The van der Waals surface area contributed by atoms with Crippen LogP contribution in [0.2, 0.25) is 0 Å². The lowest BCUT2D eigenvalue weighted by atomic mass is 9.73. The fourth-order valence-corrected chi connectivity index (χ4v) is 9.29. The number of Topliss-reactive ketones (excluding diaryl/α,β-unsaturated/α-hetero) is 1. The van der Waals surface area contributed by atoms with E-state index in [9.17, 15) is 39.6 Å². The van der Waals surface area contributed by atoms with Crippen LogP contribution < -0.4 is 0 Å². The second kappa shape index (κ2) is 21.1. The number of aliphatic hydroxyl groups excluding tert-OH is 2. The maximum absolute atomic E-state index is 16.9. The highest BCUT2D eigenvalue weighted by atomic mass is 19.1. The first-order valence-corrected chi connectivity index (χ1v) is 21.5. The van der Waals surface area contributed by atoms with Crippen LogP contribution in [-0.4, -0.2) is 167 Å². The molecule has 18 atom stereocenters. The van der Waals surface area contributed by atoms with Gasteiger partial charge in [0.25, 0.3) is 0 Å². The second-order valence-corrected chi connectivity index (χ2v) is 18.5. The average molecular weight is 880 g/mol. The molecule has 0 amide bonds. The van der Waals surface area contributed by atoms with Gasteiger partial charge in [0.05, 0.1) is 61.5 Å². The Morgan fingerprint density at radius 1 is 0.902 bits per heavy atom. The predicted octanol–water partition coefficient (Wildman–Crippen LogP) is 2.77. The SMILES string of the molecule is CCOC(=O)CCC(=O)O[C@H]1[C@H](C)O[C@@H](O[C@H]2[C@H](C)[C@@H](O[C@@H]3O[C@H](C)C[C@H](N(C)C)[C@H]3O)[C@](C)(O)C[C@](C)(F)C(=O)[C@H](C)[C@@H](O)[C@](C)(O)[C@@H](CC)OC(=O)[C@@H]2C)C[C@@]1(C)OC. The minimum absolute atomic E-state index is 0.00464. The van der Waals surface area contributed by atoms with E-state index in [0.29, 0.717) is 6.42 Å². The van der Waals surface area contributed by atoms with Gasteiger partial charge in [0.15, 0.2) is 30.1 Å². The molecule has 0 radical (unpaired) electrons. The van der Waals surface area contributed by atoms with E-state index < -0.39 is 138 Å². The average Bonchev–Trinajstić information content (AvgIpc) is 3.17. The quantitative estimate of drug-likeness (QED) is 0.163. The van der Waals surface area contributed by atoms with E-state index in [1.54, 1.807) is 55.6 Å². The van der Waals surface area contributed by atoms with Crippen LogP contribution in [0.15, 0.2) is 0 Å². The maximum atomic E-state index is 16.9. The summed E-state index contributed by atoms with van der Waals surface area (Å²) in [5.74, 6) is -7.12. The minimum Gasteiger partial charge on any atom is -0.466 e. The Morgan fingerprint density at radius 2 is 1.51 bits per heavy atom. The fourth-order valence-electron chi connectivity index (χ4n) is 9.29. The van der Waals surface area contributed by atoms with Gasteiger partial charge in [-0.25, -0.2) is 4.39 Å². The summed E-state index contributed by atoms with van der Waals surface area (Å²) >= 11 is 0. The van der Waals surface area contributed by atoms with E-state index in [1.807, 2.05) is 4.90 Å². The van der Waals surface area contributed by atoms with Gasteiger partial charge in [-0.05, 0) is 82.3 Å². The molecule has 354 valence electrons. The zero-order valence-electron chi connectivity index (χ0n) is 38.5. The molecule has 0 aromatic carbocycles. The van der Waals surface area contributed by atoms with Crippen LogP contribution in [0.4, 0.5) is 4.39 Å². The van der Waals surface area contributed by atoms with E-state index in [-0.39, 0.29) is 32.3 Å². The van der Waals surface area contributed by atoms with Crippen LogP contribution in [0, 0.1) is 17.8 Å². The molecule has 0 aromatic rings. The molecule has 0 aromatic heterocycles. The number of halogens is 1. The number of likely N-dealkylation sites (N-methyl/N-ethyl adjacent to an activating group) is 1. The molecule has 3 aliphatic rings. The Hall–Kier alpha value is -2.39. The molecule has 0 spiro atoms. The molecule has 3 fully saturated rings. The van der Waals surface area contributed by atoms with Gasteiger partial charge in [-0.3, -0.25) is 19.2 Å². The summed E-state index contributed by atoms with van der Waals surface area (Å²) in [7, 11) is 4.98. The summed E-state index contributed by atoms with van der Waals surface area (Å²) in [6.45, 7) is 16.3. The summed E-state index contributed by atoms with van der Waals surface area (Å²) in [4.78, 5) is 54.8. The van der Waals surface area contributed by atoms with E-state index in [1.165, 1.54) is 34.8 Å². The standard InChI is InChI=1S/C43H74FNO16/c1-15-28-43(11,53)35(50)25(6)34(49)40(8,44)21-41(9,52)36(61-39-32(48)27(45(12)13)19-22(3)56-39)23(4)33(24(5)38(51)58-28)60-31-20-42(10,54-14)37(26(7)57-31)59-30(47)18-17-29(46)55-16-2/h22-28,31-33,35-37,39,48,50,52-53H,15-21H2,1-14H3/t22-,23+,24-,25+,26+,27+,28-,31+,32-,33+,35-,36-,37+,39+,40+,41-,42-,43-/m1/s1. The Bertz CT molecular complexity index is 1490. The molecule has 18 heteroatoms. The van der Waals surface area contributed by atoms with E-state index in [4.69, 9.17) is 37.9 Å². The first kappa shape index (κ1) is 53.0. The number of alkyl halides is 1. The number of esters is 3. The molecule has 3 aliphatic heterocycles. The van der Waals surface area contributed by atoms with Gasteiger partial charge in [0, 0.05) is 37.8 Å². The number of nitrogens with zero attached hydrogens (tertiary/aromatic N) is 1. The number of methoxy groups -OCH3 is 1. The van der Waals surface area contributed by atoms with Crippen LogP contribution in [0.1, 0.15) is 115 Å². The summed E-state index contributed by atoms with van der Waals surface area (Å²) in [5.41, 5.74) is -8.56. The van der Waals surface area contributed by atoms with E-state index in [2.05, 4.69) is 0 Å². The van der Waals surface area contributed by atoms with Crippen molar-refractivity contribution in [1.29, 1.82) is 0 Å². The van der Waals surface area contributed by atoms with Crippen LogP contribution in [0.5, 0.6) is 0 Å². The summed E-state index contributed by atoms with van der Waals surface area (Å²) in [5, 5.41) is 47.0. The smallest absolute Gasteiger partial charge is 0.311 e. The Kier molecular flexibility index (Phi) is 18.3. The topological polar surface area (TPSA) is 226 Å². The lowest BCUT2D eigenvalue weighted by Gasteiger charge is -2.49. The van der Waals surface area contributed by atoms with Crippen molar-refractivity contribution in [1.82, 2.24) is 4.90 Å². The Labute approximate surface area is 360 Å². The normalized spacial score (nSPS) is 44.5. The molecule has 3 saturated heterocycles. The fraction of sp³-hybridized carbons (Fsp3) is 0.907. The highest BCUT2D eigenvalue weighted by molar-refractivity contribution is 5.89. The molecule has 0 aliphatic carbocycles. The zero-order valence-corrected chi connectivity index (χ0v) is 38.5. The van der Waals surface area contributed by atoms with Gasteiger partial charge in [0.1, 0.15) is 23.4 Å². The first-order chi connectivity index (χ1) is 28.1. The highest BCUT2D eigenvalue weighted by Gasteiger charge is 2.56. The van der Waals surface area contributed by atoms with Gasteiger partial charge in [-0.2, -0.15) is 0 Å². The van der Waals surface area contributed by atoms with Crippen molar-refractivity contribution in [2.75, 3.05) is 27.8 Å². The molecule has 4 N–H and O–H groups in total. The summed E-state index contributed by atoms with van der Waals surface area (Å²) < 4.78 is 65.0. The first-order valence-electron chi connectivity index (χ1n) is 21.5. The molecular weight excluding hydrogens is 805 g/mol.